The van der Waals surface area contributed by atoms with Crippen LogP contribution < -0.4 is 5.73 Å². The Morgan fingerprint density at radius 1 is 1.26 bits per heavy atom. The number of carbonyl (C=O) groups excluding carboxylic acids is 2. The SMILES string of the molecule is CC(N)CC(=O)N1CCN(C(=O)c2ccc(F)cc2Cl)CC1.Cl. The van der Waals surface area contributed by atoms with Crippen LogP contribution in [0, 0.1) is 5.82 Å². The minimum absolute atomic E-state index is 0. The van der Waals surface area contributed by atoms with E-state index in [4.69, 9.17) is 17.3 Å². The zero-order valence-corrected chi connectivity index (χ0v) is 14.4. The number of piperazine rings is 1. The zero-order chi connectivity index (χ0) is 16.3. The Morgan fingerprint density at radius 2 is 1.83 bits per heavy atom. The van der Waals surface area contributed by atoms with E-state index in [1.807, 2.05) is 0 Å². The van der Waals surface area contributed by atoms with E-state index in [1.54, 1.807) is 16.7 Å². The fourth-order valence-corrected chi connectivity index (χ4v) is 2.64. The first-order valence-electron chi connectivity index (χ1n) is 7.16. The Kier molecular flexibility index (Phi) is 7.25. The number of halogens is 3. The molecule has 1 heterocycles. The standard InChI is InChI=1S/C15H19ClFN3O2.ClH/c1-10(18)8-14(21)19-4-6-20(7-5-19)15(22)12-3-2-11(17)9-13(12)16;/h2-3,9-10H,4-8,18H2,1H3;1H. The van der Waals surface area contributed by atoms with Crippen molar-refractivity contribution in [2.45, 2.75) is 19.4 Å². The monoisotopic (exact) mass is 363 g/mol. The topological polar surface area (TPSA) is 66.6 Å². The van der Waals surface area contributed by atoms with Crippen LogP contribution in [-0.2, 0) is 4.79 Å². The molecule has 1 fully saturated rings. The Balaban J connectivity index is 0.00000264. The highest BCUT2D eigenvalue weighted by Gasteiger charge is 2.26. The highest BCUT2D eigenvalue weighted by Crippen LogP contribution is 2.20. The van der Waals surface area contributed by atoms with Crippen molar-refractivity contribution in [2.24, 2.45) is 5.73 Å². The van der Waals surface area contributed by atoms with Crippen LogP contribution >= 0.6 is 24.0 Å². The zero-order valence-electron chi connectivity index (χ0n) is 12.8. The van der Waals surface area contributed by atoms with Crippen LogP contribution in [0.5, 0.6) is 0 Å². The van der Waals surface area contributed by atoms with Crippen molar-refractivity contribution in [3.8, 4) is 0 Å². The smallest absolute Gasteiger partial charge is 0.255 e. The van der Waals surface area contributed by atoms with E-state index < -0.39 is 5.82 Å². The first kappa shape index (κ1) is 19.7. The summed E-state index contributed by atoms with van der Waals surface area (Å²) in [5, 5.41) is 0.0977. The summed E-state index contributed by atoms with van der Waals surface area (Å²) in [5.41, 5.74) is 5.90. The Bertz CT molecular complexity index is 576. The number of hydrogen-bond donors (Lipinski definition) is 1. The van der Waals surface area contributed by atoms with Gasteiger partial charge in [-0.05, 0) is 25.1 Å². The fourth-order valence-electron chi connectivity index (χ4n) is 2.40. The quantitative estimate of drug-likeness (QED) is 0.891. The number of benzene rings is 1. The van der Waals surface area contributed by atoms with Crippen LogP contribution in [0.1, 0.15) is 23.7 Å². The molecule has 23 heavy (non-hydrogen) atoms. The molecule has 0 aliphatic carbocycles. The van der Waals surface area contributed by atoms with Gasteiger partial charge >= 0.3 is 0 Å². The molecule has 0 radical (unpaired) electrons. The molecule has 128 valence electrons. The van der Waals surface area contributed by atoms with Crippen molar-refractivity contribution in [1.29, 1.82) is 0 Å². The first-order valence-corrected chi connectivity index (χ1v) is 7.54. The molecular weight excluding hydrogens is 344 g/mol. The predicted molar refractivity (Wildman–Crippen MR) is 89.4 cm³/mol. The molecule has 0 bridgehead atoms. The molecule has 2 N–H and O–H groups in total. The maximum Gasteiger partial charge on any atom is 0.255 e. The molecule has 0 spiro atoms. The number of carbonyl (C=O) groups is 2. The Hall–Kier alpha value is -1.37. The highest BCUT2D eigenvalue weighted by atomic mass is 35.5. The van der Waals surface area contributed by atoms with Gasteiger partial charge in [0.1, 0.15) is 5.82 Å². The van der Waals surface area contributed by atoms with Gasteiger partial charge in [-0.1, -0.05) is 11.6 Å². The summed E-state index contributed by atoms with van der Waals surface area (Å²) in [6.45, 7) is 3.58. The maximum atomic E-state index is 13.0. The third-order valence-corrected chi connectivity index (χ3v) is 3.89. The van der Waals surface area contributed by atoms with Crippen molar-refractivity contribution in [3.05, 3.63) is 34.6 Å². The first-order chi connectivity index (χ1) is 10.4. The summed E-state index contributed by atoms with van der Waals surface area (Å²) >= 11 is 5.91. The summed E-state index contributed by atoms with van der Waals surface area (Å²) in [7, 11) is 0. The van der Waals surface area contributed by atoms with Gasteiger partial charge < -0.3 is 15.5 Å². The lowest BCUT2D eigenvalue weighted by molar-refractivity contribution is -0.132. The summed E-state index contributed by atoms with van der Waals surface area (Å²) < 4.78 is 13.0. The van der Waals surface area contributed by atoms with Gasteiger partial charge in [-0.3, -0.25) is 9.59 Å². The molecule has 2 rings (SSSR count). The third kappa shape index (κ3) is 5.06. The second-order valence-corrected chi connectivity index (χ2v) is 5.89. The van der Waals surface area contributed by atoms with Gasteiger partial charge in [0, 0.05) is 38.6 Å². The largest absolute Gasteiger partial charge is 0.339 e. The van der Waals surface area contributed by atoms with Crippen LogP contribution in [-0.4, -0.2) is 53.8 Å². The minimum atomic E-state index is -0.479. The minimum Gasteiger partial charge on any atom is -0.339 e. The van der Waals surface area contributed by atoms with E-state index >= 15 is 0 Å². The van der Waals surface area contributed by atoms with Crippen molar-refractivity contribution >= 4 is 35.8 Å². The molecule has 8 heteroatoms. The highest BCUT2D eigenvalue weighted by molar-refractivity contribution is 6.33. The van der Waals surface area contributed by atoms with E-state index in [2.05, 4.69) is 0 Å². The van der Waals surface area contributed by atoms with E-state index in [9.17, 15) is 14.0 Å². The van der Waals surface area contributed by atoms with Gasteiger partial charge in [0.25, 0.3) is 5.91 Å². The lowest BCUT2D eigenvalue weighted by Gasteiger charge is -2.35. The second-order valence-electron chi connectivity index (χ2n) is 5.48. The van der Waals surface area contributed by atoms with Crippen LogP contribution in [0.2, 0.25) is 5.02 Å². The summed E-state index contributed by atoms with van der Waals surface area (Å²) in [4.78, 5) is 27.6. The van der Waals surface area contributed by atoms with Crippen LogP contribution in [0.3, 0.4) is 0 Å². The molecule has 1 aromatic carbocycles. The van der Waals surface area contributed by atoms with Crippen molar-refractivity contribution in [2.75, 3.05) is 26.2 Å². The van der Waals surface area contributed by atoms with Crippen molar-refractivity contribution in [3.63, 3.8) is 0 Å². The van der Waals surface area contributed by atoms with E-state index in [0.29, 0.717) is 32.6 Å². The van der Waals surface area contributed by atoms with Gasteiger partial charge in [0.2, 0.25) is 5.91 Å². The molecule has 1 aliphatic heterocycles. The number of rotatable bonds is 3. The Labute approximate surface area is 146 Å². The molecular formula is C15H20Cl2FN3O2. The summed E-state index contributed by atoms with van der Waals surface area (Å²) in [6.07, 6.45) is 0.303. The molecule has 5 nitrogen and oxygen atoms in total. The second kappa shape index (κ2) is 8.47. The molecule has 2 amide bonds. The van der Waals surface area contributed by atoms with E-state index in [1.165, 1.54) is 12.1 Å². The van der Waals surface area contributed by atoms with Gasteiger partial charge in [-0.25, -0.2) is 4.39 Å². The summed E-state index contributed by atoms with van der Waals surface area (Å²) in [6, 6.07) is 3.54. The van der Waals surface area contributed by atoms with Gasteiger partial charge in [0.05, 0.1) is 10.6 Å². The van der Waals surface area contributed by atoms with Crippen LogP contribution in [0.25, 0.3) is 0 Å². The molecule has 1 aromatic rings. The molecule has 1 atom stereocenters. The normalized spacial score (nSPS) is 15.8. The van der Waals surface area contributed by atoms with Gasteiger partial charge in [-0.2, -0.15) is 0 Å². The van der Waals surface area contributed by atoms with Crippen LogP contribution in [0.15, 0.2) is 18.2 Å². The number of hydrogen-bond acceptors (Lipinski definition) is 3. The molecule has 1 unspecified atom stereocenters. The van der Waals surface area contributed by atoms with E-state index in [0.717, 1.165) is 6.07 Å². The number of amides is 2. The van der Waals surface area contributed by atoms with Gasteiger partial charge in [-0.15, -0.1) is 12.4 Å². The van der Waals surface area contributed by atoms with Crippen molar-refractivity contribution in [1.82, 2.24) is 9.80 Å². The number of nitrogens with two attached hydrogens (primary N) is 1. The molecule has 0 saturated carbocycles. The van der Waals surface area contributed by atoms with E-state index in [-0.39, 0.29) is 40.8 Å². The van der Waals surface area contributed by atoms with Crippen LogP contribution in [0.4, 0.5) is 4.39 Å². The molecule has 0 aromatic heterocycles. The maximum absolute atomic E-state index is 13.0. The Morgan fingerprint density at radius 3 is 2.35 bits per heavy atom. The number of nitrogens with zero attached hydrogens (tertiary/aromatic N) is 2. The summed E-state index contributed by atoms with van der Waals surface area (Å²) in [5.74, 6) is -0.723. The lowest BCUT2D eigenvalue weighted by atomic mass is 10.1. The predicted octanol–water partition coefficient (Wildman–Crippen LogP) is 1.92. The third-order valence-electron chi connectivity index (χ3n) is 3.58. The van der Waals surface area contributed by atoms with Gasteiger partial charge in [0.15, 0.2) is 0 Å². The van der Waals surface area contributed by atoms with Crippen molar-refractivity contribution < 1.29 is 14.0 Å². The average Bonchev–Trinajstić information content (AvgIpc) is 2.46. The molecule has 1 aliphatic rings. The molecule has 1 saturated heterocycles. The average molecular weight is 364 g/mol. The lowest BCUT2D eigenvalue weighted by Crippen LogP contribution is -2.51. The fraction of sp³-hybridized carbons (Fsp3) is 0.467.